The van der Waals surface area contributed by atoms with E-state index >= 15 is 0 Å². The summed E-state index contributed by atoms with van der Waals surface area (Å²) in [7, 11) is 2.01. The molecule has 1 unspecified atom stereocenters. The fourth-order valence-corrected chi connectivity index (χ4v) is 1.36. The fourth-order valence-electron chi connectivity index (χ4n) is 1.36. The van der Waals surface area contributed by atoms with Gasteiger partial charge in [-0.05, 0) is 14.0 Å². The normalized spacial score (nSPS) is 24.3. The van der Waals surface area contributed by atoms with Gasteiger partial charge in [0.15, 0.2) is 0 Å². The van der Waals surface area contributed by atoms with Gasteiger partial charge in [0.2, 0.25) is 0 Å². The van der Waals surface area contributed by atoms with Crippen LogP contribution in [0.5, 0.6) is 0 Å². The third kappa shape index (κ3) is 3.32. The van der Waals surface area contributed by atoms with E-state index in [9.17, 15) is 4.79 Å². The van der Waals surface area contributed by atoms with Gasteiger partial charge in [0.25, 0.3) is 0 Å². The van der Waals surface area contributed by atoms with Gasteiger partial charge in [0.1, 0.15) is 0 Å². The minimum atomic E-state index is -0.134. The molecule has 1 atom stereocenters. The Kier molecular flexibility index (Phi) is 4.18. The van der Waals surface area contributed by atoms with E-state index in [4.69, 9.17) is 9.47 Å². The SMILES string of the molecule is CCOC(=O)CC1COCCN1C. The van der Waals surface area contributed by atoms with Gasteiger partial charge in [-0.1, -0.05) is 0 Å². The van der Waals surface area contributed by atoms with Crippen LogP contribution in [-0.4, -0.2) is 50.3 Å². The molecule has 0 aliphatic carbocycles. The van der Waals surface area contributed by atoms with E-state index in [0.29, 0.717) is 19.6 Å². The molecule has 0 aromatic carbocycles. The molecule has 76 valence electrons. The van der Waals surface area contributed by atoms with Crippen LogP contribution in [-0.2, 0) is 14.3 Å². The standard InChI is InChI=1S/C9H17NO3/c1-3-13-9(11)6-8-7-12-5-4-10(8)2/h8H,3-7H2,1-2H3. The summed E-state index contributed by atoms with van der Waals surface area (Å²) in [5.74, 6) is -0.134. The first-order chi connectivity index (χ1) is 6.24. The second-order valence-corrected chi connectivity index (χ2v) is 3.22. The summed E-state index contributed by atoms with van der Waals surface area (Å²) in [6, 6.07) is 0.188. The number of rotatable bonds is 3. The molecule has 1 saturated heterocycles. The lowest BCUT2D eigenvalue weighted by molar-refractivity contribution is -0.146. The van der Waals surface area contributed by atoms with E-state index in [1.54, 1.807) is 0 Å². The van der Waals surface area contributed by atoms with Crippen molar-refractivity contribution in [2.24, 2.45) is 0 Å². The van der Waals surface area contributed by atoms with Crippen molar-refractivity contribution in [3.05, 3.63) is 0 Å². The Morgan fingerprint density at radius 1 is 1.69 bits per heavy atom. The molecule has 0 saturated carbocycles. The molecule has 4 heteroatoms. The molecular weight excluding hydrogens is 170 g/mol. The summed E-state index contributed by atoms with van der Waals surface area (Å²) in [5.41, 5.74) is 0. The molecule has 13 heavy (non-hydrogen) atoms. The monoisotopic (exact) mass is 187 g/mol. The number of likely N-dealkylation sites (N-methyl/N-ethyl adjacent to an activating group) is 1. The highest BCUT2D eigenvalue weighted by Crippen LogP contribution is 2.08. The van der Waals surface area contributed by atoms with E-state index in [1.807, 2.05) is 14.0 Å². The summed E-state index contributed by atoms with van der Waals surface area (Å²) in [6.45, 7) is 4.56. The average Bonchev–Trinajstić information content (AvgIpc) is 2.09. The molecule has 0 aromatic heterocycles. The van der Waals surface area contributed by atoms with Crippen molar-refractivity contribution in [2.75, 3.05) is 33.4 Å². The zero-order valence-corrected chi connectivity index (χ0v) is 8.28. The van der Waals surface area contributed by atoms with Crippen LogP contribution in [0.25, 0.3) is 0 Å². The van der Waals surface area contributed by atoms with E-state index in [1.165, 1.54) is 0 Å². The molecule has 1 heterocycles. The number of carbonyl (C=O) groups is 1. The number of carbonyl (C=O) groups excluding carboxylic acids is 1. The Hall–Kier alpha value is -0.610. The molecule has 1 aliphatic heterocycles. The predicted molar refractivity (Wildman–Crippen MR) is 48.5 cm³/mol. The predicted octanol–water partition coefficient (Wildman–Crippen LogP) is 0.270. The van der Waals surface area contributed by atoms with Crippen molar-refractivity contribution in [3.63, 3.8) is 0 Å². The summed E-state index contributed by atoms with van der Waals surface area (Å²) in [5, 5.41) is 0. The van der Waals surface area contributed by atoms with Crippen LogP contribution < -0.4 is 0 Å². The molecule has 0 radical (unpaired) electrons. The van der Waals surface area contributed by atoms with Crippen LogP contribution in [0.2, 0.25) is 0 Å². The molecule has 1 fully saturated rings. The van der Waals surface area contributed by atoms with Crippen molar-refractivity contribution in [1.82, 2.24) is 4.90 Å². The van der Waals surface area contributed by atoms with Crippen LogP contribution >= 0.6 is 0 Å². The first kappa shape index (κ1) is 10.5. The fraction of sp³-hybridized carbons (Fsp3) is 0.889. The minimum absolute atomic E-state index is 0.134. The van der Waals surface area contributed by atoms with Crippen LogP contribution in [0, 0.1) is 0 Å². The third-order valence-corrected chi connectivity index (χ3v) is 2.23. The summed E-state index contributed by atoms with van der Waals surface area (Å²) >= 11 is 0. The van der Waals surface area contributed by atoms with Crippen molar-refractivity contribution in [1.29, 1.82) is 0 Å². The molecule has 0 aromatic rings. The molecular formula is C9H17NO3. The van der Waals surface area contributed by atoms with Crippen molar-refractivity contribution in [3.8, 4) is 0 Å². The Morgan fingerprint density at radius 2 is 2.46 bits per heavy atom. The van der Waals surface area contributed by atoms with E-state index in [0.717, 1.165) is 13.2 Å². The van der Waals surface area contributed by atoms with E-state index < -0.39 is 0 Å². The highest BCUT2D eigenvalue weighted by molar-refractivity contribution is 5.70. The van der Waals surface area contributed by atoms with Gasteiger partial charge in [-0.2, -0.15) is 0 Å². The number of morpholine rings is 1. The quantitative estimate of drug-likeness (QED) is 0.594. The molecule has 0 N–H and O–H groups in total. The van der Waals surface area contributed by atoms with Crippen molar-refractivity contribution < 1.29 is 14.3 Å². The third-order valence-electron chi connectivity index (χ3n) is 2.23. The number of hydrogen-bond acceptors (Lipinski definition) is 4. The second kappa shape index (κ2) is 5.19. The highest BCUT2D eigenvalue weighted by Gasteiger charge is 2.22. The minimum Gasteiger partial charge on any atom is -0.466 e. The maximum atomic E-state index is 11.2. The van der Waals surface area contributed by atoms with Crippen LogP contribution in [0.3, 0.4) is 0 Å². The maximum Gasteiger partial charge on any atom is 0.307 e. The number of esters is 1. The topological polar surface area (TPSA) is 38.8 Å². The lowest BCUT2D eigenvalue weighted by Gasteiger charge is -2.31. The van der Waals surface area contributed by atoms with Crippen LogP contribution in [0.1, 0.15) is 13.3 Å². The smallest absolute Gasteiger partial charge is 0.307 e. The second-order valence-electron chi connectivity index (χ2n) is 3.22. The van der Waals surface area contributed by atoms with Gasteiger partial charge in [-0.3, -0.25) is 9.69 Å². The zero-order chi connectivity index (χ0) is 9.68. The molecule has 0 amide bonds. The number of nitrogens with zero attached hydrogens (tertiary/aromatic N) is 1. The Labute approximate surface area is 78.8 Å². The van der Waals surface area contributed by atoms with Crippen LogP contribution in [0.15, 0.2) is 0 Å². The van der Waals surface area contributed by atoms with E-state index in [-0.39, 0.29) is 12.0 Å². The lowest BCUT2D eigenvalue weighted by atomic mass is 10.2. The average molecular weight is 187 g/mol. The lowest BCUT2D eigenvalue weighted by Crippen LogP contribution is -2.44. The van der Waals surface area contributed by atoms with Gasteiger partial charge >= 0.3 is 5.97 Å². The Balaban J connectivity index is 2.29. The molecule has 4 nitrogen and oxygen atoms in total. The van der Waals surface area contributed by atoms with Crippen molar-refractivity contribution in [2.45, 2.75) is 19.4 Å². The Bertz CT molecular complexity index is 172. The molecule has 1 rings (SSSR count). The summed E-state index contributed by atoms with van der Waals surface area (Å²) in [4.78, 5) is 13.3. The molecule has 0 spiro atoms. The summed E-state index contributed by atoms with van der Waals surface area (Å²) in [6.07, 6.45) is 0.435. The van der Waals surface area contributed by atoms with Gasteiger partial charge in [0.05, 0.1) is 26.2 Å². The number of ether oxygens (including phenoxy) is 2. The van der Waals surface area contributed by atoms with E-state index in [2.05, 4.69) is 4.90 Å². The Morgan fingerprint density at radius 3 is 3.08 bits per heavy atom. The first-order valence-electron chi connectivity index (χ1n) is 4.67. The zero-order valence-electron chi connectivity index (χ0n) is 8.28. The van der Waals surface area contributed by atoms with Gasteiger partial charge in [-0.25, -0.2) is 0 Å². The molecule has 1 aliphatic rings. The highest BCUT2D eigenvalue weighted by atomic mass is 16.5. The number of hydrogen-bond donors (Lipinski definition) is 0. The van der Waals surface area contributed by atoms with Crippen molar-refractivity contribution >= 4 is 5.97 Å². The molecule has 0 bridgehead atoms. The first-order valence-corrected chi connectivity index (χ1v) is 4.67. The largest absolute Gasteiger partial charge is 0.466 e. The maximum absolute atomic E-state index is 11.2. The summed E-state index contributed by atoms with van der Waals surface area (Å²) < 4.78 is 10.2. The van der Waals surface area contributed by atoms with Gasteiger partial charge < -0.3 is 9.47 Å². The van der Waals surface area contributed by atoms with Gasteiger partial charge in [-0.15, -0.1) is 0 Å². The van der Waals surface area contributed by atoms with Gasteiger partial charge in [0, 0.05) is 12.6 Å². The van der Waals surface area contributed by atoms with Crippen LogP contribution in [0.4, 0.5) is 0 Å².